The van der Waals surface area contributed by atoms with Gasteiger partial charge in [-0.05, 0) is 45.8 Å². The third-order valence-corrected chi connectivity index (χ3v) is 5.04. The van der Waals surface area contributed by atoms with Crippen molar-refractivity contribution in [1.82, 2.24) is 9.97 Å². The molecule has 3 rings (SSSR count). The topological polar surface area (TPSA) is 37.8 Å². The highest BCUT2D eigenvalue weighted by Crippen LogP contribution is 2.35. The van der Waals surface area contributed by atoms with Crippen molar-refractivity contribution >= 4 is 44.3 Å². The molecule has 3 aromatic rings. The molecule has 3 nitrogen and oxygen atoms in total. The van der Waals surface area contributed by atoms with E-state index < -0.39 is 0 Å². The number of hydrogen-bond donors (Lipinski definition) is 1. The van der Waals surface area contributed by atoms with Crippen LogP contribution >= 0.6 is 27.7 Å². The lowest BCUT2D eigenvalue weighted by molar-refractivity contribution is 1.01. The van der Waals surface area contributed by atoms with Crippen LogP contribution in [-0.2, 0) is 0 Å². The number of hydrogen-bond acceptors (Lipinski definition) is 4. The molecule has 0 aliphatic carbocycles. The molecule has 2 aromatic carbocycles. The minimum atomic E-state index is 0.829. The van der Waals surface area contributed by atoms with Crippen LogP contribution in [0.4, 0.5) is 5.82 Å². The third kappa shape index (κ3) is 3.19. The summed E-state index contributed by atoms with van der Waals surface area (Å²) in [5, 5.41) is 6.62. The largest absolute Gasteiger partial charge is 0.369 e. The molecule has 0 bridgehead atoms. The van der Waals surface area contributed by atoms with E-state index in [1.807, 2.05) is 6.92 Å². The number of nitrogens with zero attached hydrogens (tertiary/aromatic N) is 2. The van der Waals surface area contributed by atoms with Crippen LogP contribution in [0, 0.1) is 0 Å². The Morgan fingerprint density at radius 2 is 1.90 bits per heavy atom. The summed E-state index contributed by atoms with van der Waals surface area (Å²) in [5.41, 5.74) is 0. The molecule has 0 aliphatic rings. The number of rotatable bonds is 4. The van der Waals surface area contributed by atoms with Gasteiger partial charge in [-0.1, -0.05) is 42.1 Å². The Hall–Kier alpha value is -1.59. The molecular formula is C16H14BrN3S. The predicted molar refractivity (Wildman–Crippen MR) is 92.0 cm³/mol. The van der Waals surface area contributed by atoms with Gasteiger partial charge >= 0.3 is 0 Å². The van der Waals surface area contributed by atoms with Crippen LogP contribution in [0.5, 0.6) is 0 Å². The molecule has 21 heavy (non-hydrogen) atoms. The van der Waals surface area contributed by atoms with Gasteiger partial charge in [0.1, 0.15) is 17.2 Å². The van der Waals surface area contributed by atoms with Crippen LogP contribution in [0.15, 0.2) is 63.2 Å². The highest BCUT2D eigenvalue weighted by atomic mass is 79.9. The summed E-state index contributed by atoms with van der Waals surface area (Å²) >= 11 is 5.21. The van der Waals surface area contributed by atoms with Gasteiger partial charge in [0, 0.05) is 11.4 Å². The maximum Gasteiger partial charge on any atom is 0.144 e. The van der Waals surface area contributed by atoms with E-state index in [1.165, 1.54) is 10.8 Å². The van der Waals surface area contributed by atoms with E-state index in [0.717, 1.165) is 26.8 Å². The molecule has 5 heteroatoms. The number of nitrogens with one attached hydrogen (secondary N) is 1. The number of halogens is 1. The summed E-state index contributed by atoms with van der Waals surface area (Å²) in [7, 11) is 0. The summed E-state index contributed by atoms with van der Waals surface area (Å²) < 4.78 is 0.907. The number of anilines is 1. The van der Waals surface area contributed by atoms with Crippen molar-refractivity contribution in [3.05, 3.63) is 53.3 Å². The summed E-state index contributed by atoms with van der Waals surface area (Å²) in [6.07, 6.45) is 1.59. The minimum Gasteiger partial charge on any atom is -0.369 e. The molecule has 0 fully saturated rings. The molecule has 1 N–H and O–H groups in total. The van der Waals surface area contributed by atoms with Gasteiger partial charge in [0.25, 0.3) is 0 Å². The van der Waals surface area contributed by atoms with Crippen LogP contribution in [0.1, 0.15) is 6.92 Å². The third-order valence-electron chi connectivity index (χ3n) is 3.04. The molecule has 1 heterocycles. The molecule has 0 atom stereocenters. The number of benzene rings is 2. The first-order valence-corrected chi connectivity index (χ1v) is 8.30. The lowest BCUT2D eigenvalue weighted by atomic mass is 10.1. The minimum absolute atomic E-state index is 0.829. The summed E-state index contributed by atoms with van der Waals surface area (Å²) in [6.45, 7) is 2.88. The van der Waals surface area contributed by atoms with Crippen molar-refractivity contribution < 1.29 is 0 Å². The SMILES string of the molecule is CCNc1ncnc(Sc2ccc3ccccc3c2)c1Br. The predicted octanol–water partition coefficient (Wildman–Crippen LogP) is 4.98. The van der Waals surface area contributed by atoms with E-state index >= 15 is 0 Å². The Morgan fingerprint density at radius 3 is 2.71 bits per heavy atom. The fourth-order valence-electron chi connectivity index (χ4n) is 2.06. The second kappa shape index (κ2) is 6.45. The smallest absolute Gasteiger partial charge is 0.144 e. The summed E-state index contributed by atoms with van der Waals surface area (Å²) in [5.74, 6) is 0.829. The van der Waals surface area contributed by atoms with E-state index in [4.69, 9.17) is 0 Å². The van der Waals surface area contributed by atoms with Crippen molar-refractivity contribution in [3.63, 3.8) is 0 Å². The average molecular weight is 360 g/mol. The fraction of sp³-hybridized carbons (Fsp3) is 0.125. The fourth-order valence-corrected chi connectivity index (χ4v) is 3.48. The van der Waals surface area contributed by atoms with Gasteiger partial charge in [-0.3, -0.25) is 0 Å². The van der Waals surface area contributed by atoms with Crippen molar-refractivity contribution in [2.45, 2.75) is 16.8 Å². The molecule has 0 radical (unpaired) electrons. The van der Waals surface area contributed by atoms with E-state index in [2.05, 4.69) is 73.7 Å². The first kappa shape index (κ1) is 14.4. The molecule has 0 unspecified atom stereocenters. The first-order valence-electron chi connectivity index (χ1n) is 6.69. The van der Waals surface area contributed by atoms with Crippen LogP contribution in [0.3, 0.4) is 0 Å². The van der Waals surface area contributed by atoms with E-state index in [1.54, 1.807) is 18.1 Å². The maximum atomic E-state index is 4.36. The van der Waals surface area contributed by atoms with Gasteiger partial charge in [-0.2, -0.15) is 0 Å². The van der Waals surface area contributed by atoms with Gasteiger partial charge in [0.2, 0.25) is 0 Å². The maximum absolute atomic E-state index is 4.36. The van der Waals surface area contributed by atoms with E-state index in [-0.39, 0.29) is 0 Å². The lowest BCUT2D eigenvalue weighted by Gasteiger charge is -2.09. The first-order chi connectivity index (χ1) is 10.3. The van der Waals surface area contributed by atoms with Gasteiger partial charge in [0.15, 0.2) is 0 Å². The summed E-state index contributed by atoms with van der Waals surface area (Å²) in [4.78, 5) is 9.76. The molecule has 0 saturated carbocycles. The zero-order valence-corrected chi connectivity index (χ0v) is 13.9. The molecule has 0 aliphatic heterocycles. The van der Waals surface area contributed by atoms with Gasteiger partial charge in [0.05, 0.1) is 4.47 Å². The van der Waals surface area contributed by atoms with E-state index in [0.29, 0.717) is 0 Å². The number of fused-ring (bicyclic) bond motifs is 1. The molecule has 1 aromatic heterocycles. The van der Waals surface area contributed by atoms with Crippen LogP contribution in [0.25, 0.3) is 10.8 Å². The zero-order valence-electron chi connectivity index (χ0n) is 11.5. The highest BCUT2D eigenvalue weighted by molar-refractivity contribution is 9.10. The molecule has 0 amide bonds. The number of aromatic nitrogens is 2. The Kier molecular flexibility index (Phi) is 4.41. The van der Waals surface area contributed by atoms with Crippen molar-refractivity contribution in [2.75, 3.05) is 11.9 Å². The Labute approximate surface area is 136 Å². The van der Waals surface area contributed by atoms with Crippen molar-refractivity contribution in [2.24, 2.45) is 0 Å². The summed E-state index contributed by atoms with van der Waals surface area (Å²) in [6, 6.07) is 14.8. The standard InChI is InChI=1S/C16H14BrN3S/c1-2-18-15-14(17)16(20-10-19-15)21-13-8-7-11-5-3-4-6-12(11)9-13/h3-10H,2H2,1H3,(H,18,19,20). The highest BCUT2D eigenvalue weighted by Gasteiger charge is 2.09. The second-order valence-corrected chi connectivity index (χ2v) is 6.34. The van der Waals surface area contributed by atoms with Gasteiger partial charge in [-0.15, -0.1) is 0 Å². The van der Waals surface area contributed by atoms with Crippen molar-refractivity contribution in [1.29, 1.82) is 0 Å². The quantitative estimate of drug-likeness (QED) is 0.667. The molecule has 106 valence electrons. The van der Waals surface area contributed by atoms with E-state index in [9.17, 15) is 0 Å². The lowest BCUT2D eigenvalue weighted by Crippen LogP contribution is -2.01. The van der Waals surface area contributed by atoms with Crippen molar-refractivity contribution in [3.8, 4) is 0 Å². The van der Waals surface area contributed by atoms with Crippen LogP contribution < -0.4 is 5.32 Å². The second-order valence-electron chi connectivity index (χ2n) is 4.48. The molecular weight excluding hydrogens is 346 g/mol. The Balaban J connectivity index is 1.93. The van der Waals surface area contributed by atoms with Crippen LogP contribution in [0.2, 0.25) is 0 Å². The van der Waals surface area contributed by atoms with Gasteiger partial charge < -0.3 is 5.32 Å². The zero-order chi connectivity index (χ0) is 14.7. The Morgan fingerprint density at radius 1 is 1.10 bits per heavy atom. The van der Waals surface area contributed by atoms with Gasteiger partial charge in [-0.25, -0.2) is 9.97 Å². The molecule has 0 spiro atoms. The van der Waals surface area contributed by atoms with Crippen LogP contribution in [-0.4, -0.2) is 16.5 Å². The Bertz CT molecular complexity index is 776. The molecule has 0 saturated heterocycles. The monoisotopic (exact) mass is 359 g/mol. The average Bonchev–Trinajstić information content (AvgIpc) is 2.51. The normalized spacial score (nSPS) is 10.8.